The molecule has 0 bridgehead atoms. The summed E-state index contributed by atoms with van der Waals surface area (Å²) in [5, 5.41) is 8.47. The molecule has 1 aliphatic heterocycles. The smallest absolute Gasteiger partial charge is 0.267 e. The average Bonchev–Trinajstić information content (AvgIpc) is 2.78. The molecular formula is C24H27N3O3. The van der Waals surface area contributed by atoms with Crippen molar-refractivity contribution in [1.82, 2.24) is 15.3 Å². The highest BCUT2D eigenvalue weighted by atomic mass is 16.5. The molecule has 0 saturated carbocycles. The van der Waals surface area contributed by atoms with Crippen molar-refractivity contribution in [1.29, 1.82) is 0 Å². The van der Waals surface area contributed by atoms with Gasteiger partial charge in [0.05, 0.1) is 0 Å². The fourth-order valence-electron chi connectivity index (χ4n) is 3.23. The van der Waals surface area contributed by atoms with Crippen LogP contribution in [0.15, 0.2) is 60.7 Å². The summed E-state index contributed by atoms with van der Waals surface area (Å²) < 4.78 is 0. The van der Waals surface area contributed by atoms with Crippen LogP contribution in [0.1, 0.15) is 27.0 Å². The monoisotopic (exact) mass is 405 g/mol. The third-order valence-electron chi connectivity index (χ3n) is 5.14. The van der Waals surface area contributed by atoms with E-state index >= 15 is 0 Å². The highest BCUT2D eigenvalue weighted by molar-refractivity contribution is 6.06. The second kappa shape index (κ2) is 10.6. The number of amides is 1. The zero-order valence-electron chi connectivity index (χ0n) is 17.1. The van der Waals surface area contributed by atoms with Crippen molar-refractivity contribution in [2.45, 2.75) is 6.54 Å². The molecule has 2 aromatic rings. The van der Waals surface area contributed by atoms with E-state index in [1.54, 1.807) is 23.7 Å². The van der Waals surface area contributed by atoms with E-state index in [9.17, 15) is 9.59 Å². The number of carbonyl (C=O) groups is 2. The molecule has 30 heavy (non-hydrogen) atoms. The zero-order valence-corrected chi connectivity index (χ0v) is 17.1. The fourth-order valence-corrected chi connectivity index (χ4v) is 3.23. The quantitative estimate of drug-likeness (QED) is 0.321. The maximum absolute atomic E-state index is 12.5. The Bertz CT molecular complexity index is 910. The summed E-state index contributed by atoms with van der Waals surface area (Å²) in [6, 6.07) is 15.2. The van der Waals surface area contributed by atoms with Gasteiger partial charge in [0, 0.05) is 44.4 Å². The second-order valence-electron chi connectivity index (χ2n) is 7.45. The van der Waals surface area contributed by atoms with E-state index in [2.05, 4.69) is 16.8 Å². The Morgan fingerprint density at radius 1 is 0.900 bits per heavy atom. The first-order valence-corrected chi connectivity index (χ1v) is 9.98. The van der Waals surface area contributed by atoms with Crippen molar-refractivity contribution in [3.63, 3.8) is 0 Å². The van der Waals surface area contributed by atoms with E-state index in [1.165, 1.54) is 11.6 Å². The number of hydrogen-bond donors (Lipinski definition) is 2. The molecule has 6 nitrogen and oxygen atoms in total. The molecular weight excluding hydrogens is 378 g/mol. The van der Waals surface area contributed by atoms with Gasteiger partial charge >= 0.3 is 0 Å². The molecule has 2 aromatic carbocycles. The number of piperazine rings is 1. The van der Waals surface area contributed by atoms with E-state index in [4.69, 9.17) is 5.21 Å². The predicted octanol–water partition coefficient (Wildman–Crippen LogP) is 2.85. The molecule has 0 unspecified atom stereocenters. The second-order valence-corrected chi connectivity index (χ2v) is 7.45. The largest absolute Gasteiger partial charge is 0.304 e. The predicted molar refractivity (Wildman–Crippen MR) is 118 cm³/mol. The molecule has 0 atom stereocenters. The minimum atomic E-state index is -0.584. The molecule has 156 valence electrons. The molecule has 3 rings (SSSR count). The van der Waals surface area contributed by atoms with Crippen LogP contribution in [0.3, 0.4) is 0 Å². The van der Waals surface area contributed by atoms with Crippen LogP contribution in [-0.4, -0.2) is 59.9 Å². The van der Waals surface area contributed by atoms with Crippen LogP contribution >= 0.6 is 0 Å². The summed E-state index contributed by atoms with van der Waals surface area (Å²) in [6.07, 6.45) is 6.17. The van der Waals surface area contributed by atoms with Gasteiger partial charge in [-0.2, -0.15) is 0 Å². The minimum Gasteiger partial charge on any atom is -0.304 e. The van der Waals surface area contributed by atoms with E-state index in [0.717, 1.165) is 43.9 Å². The normalized spacial score (nSPS) is 15.7. The van der Waals surface area contributed by atoms with E-state index in [0.29, 0.717) is 5.56 Å². The average molecular weight is 405 g/mol. The first-order chi connectivity index (χ1) is 14.5. The zero-order chi connectivity index (χ0) is 21.3. The Labute approximate surface area is 177 Å². The SMILES string of the molecule is CN1CCN(Cc2ccc(C(=O)C=Cc3ccc(C=CC(=O)NO)cc3)cc2)CC1. The van der Waals surface area contributed by atoms with Gasteiger partial charge in [-0.15, -0.1) is 0 Å². The lowest BCUT2D eigenvalue weighted by atomic mass is 10.1. The number of carbonyl (C=O) groups excluding carboxylic acids is 2. The molecule has 1 amide bonds. The van der Waals surface area contributed by atoms with E-state index < -0.39 is 5.91 Å². The molecule has 1 aliphatic rings. The van der Waals surface area contributed by atoms with Crippen molar-refractivity contribution in [2.75, 3.05) is 33.2 Å². The Morgan fingerprint density at radius 3 is 2.03 bits per heavy atom. The van der Waals surface area contributed by atoms with Crippen LogP contribution in [0.5, 0.6) is 0 Å². The molecule has 0 aliphatic carbocycles. The number of hydrogen-bond acceptors (Lipinski definition) is 5. The summed E-state index contributed by atoms with van der Waals surface area (Å²) in [6.45, 7) is 5.25. The van der Waals surface area contributed by atoms with E-state index in [1.807, 2.05) is 48.5 Å². The fraction of sp³-hybridized carbons (Fsp3) is 0.250. The van der Waals surface area contributed by atoms with Crippen LogP contribution in [0, 0.1) is 0 Å². The highest BCUT2D eigenvalue weighted by Gasteiger charge is 2.13. The van der Waals surface area contributed by atoms with Crippen molar-refractivity contribution in [3.05, 3.63) is 82.9 Å². The number of likely N-dealkylation sites (N-methyl/N-ethyl adjacent to an activating group) is 1. The maximum Gasteiger partial charge on any atom is 0.267 e. The Kier molecular flexibility index (Phi) is 7.68. The van der Waals surface area contributed by atoms with Crippen LogP contribution in [0.25, 0.3) is 12.2 Å². The summed E-state index contributed by atoms with van der Waals surface area (Å²) >= 11 is 0. The molecule has 0 radical (unpaired) electrons. The number of ketones is 1. The number of nitrogens with zero attached hydrogens (tertiary/aromatic N) is 2. The highest BCUT2D eigenvalue weighted by Crippen LogP contribution is 2.12. The van der Waals surface area contributed by atoms with Gasteiger partial charge in [0.25, 0.3) is 5.91 Å². The minimum absolute atomic E-state index is 0.0373. The number of benzene rings is 2. The Morgan fingerprint density at radius 2 is 1.47 bits per heavy atom. The Hall–Kier alpha value is -3.06. The van der Waals surface area contributed by atoms with Crippen LogP contribution in [0.2, 0.25) is 0 Å². The lowest BCUT2D eigenvalue weighted by molar-refractivity contribution is -0.124. The molecule has 6 heteroatoms. The summed E-state index contributed by atoms with van der Waals surface area (Å²) in [5.41, 5.74) is 5.14. The van der Waals surface area contributed by atoms with E-state index in [-0.39, 0.29) is 5.78 Å². The van der Waals surface area contributed by atoms with Crippen LogP contribution in [0.4, 0.5) is 0 Å². The molecule has 0 spiro atoms. The first kappa shape index (κ1) is 21.6. The van der Waals surface area contributed by atoms with Gasteiger partial charge in [0.15, 0.2) is 5.78 Å². The van der Waals surface area contributed by atoms with Crippen molar-refractivity contribution >= 4 is 23.8 Å². The third-order valence-corrected chi connectivity index (χ3v) is 5.14. The molecule has 1 heterocycles. The number of hydroxylamine groups is 1. The molecule has 1 fully saturated rings. The van der Waals surface area contributed by atoms with Gasteiger partial charge in [0.2, 0.25) is 0 Å². The summed E-state index contributed by atoms with van der Waals surface area (Å²) in [5.74, 6) is -0.621. The van der Waals surface area contributed by atoms with Gasteiger partial charge in [-0.1, -0.05) is 54.6 Å². The standard InChI is InChI=1S/C24H27N3O3/c1-26-14-16-27(17-15-26)18-21-6-10-22(11-7-21)23(28)12-8-19-2-4-20(5-3-19)9-13-24(29)25-30/h2-13,30H,14-18H2,1H3,(H,25,29). The number of rotatable bonds is 7. The van der Waals surface area contributed by atoms with Crippen LogP contribution in [-0.2, 0) is 11.3 Å². The lowest BCUT2D eigenvalue weighted by Crippen LogP contribution is -2.43. The van der Waals surface area contributed by atoms with Crippen molar-refractivity contribution in [2.24, 2.45) is 0 Å². The number of allylic oxidation sites excluding steroid dienone is 1. The van der Waals surface area contributed by atoms with Gasteiger partial charge in [-0.05, 0) is 35.9 Å². The lowest BCUT2D eigenvalue weighted by Gasteiger charge is -2.32. The Balaban J connectivity index is 1.54. The van der Waals surface area contributed by atoms with Gasteiger partial charge in [-0.25, -0.2) is 5.48 Å². The van der Waals surface area contributed by atoms with Gasteiger partial charge < -0.3 is 4.90 Å². The van der Waals surface area contributed by atoms with Gasteiger partial charge in [0.1, 0.15) is 0 Å². The molecule has 0 aromatic heterocycles. The van der Waals surface area contributed by atoms with Gasteiger partial charge in [-0.3, -0.25) is 19.7 Å². The molecule has 2 N–H and O–H groups in total. The summed E-state index contributed by atoms with van der Waals surface area (Å²) in [4.78, 5) is 28.2. The van der Waals surface area contributed by atoms with Crippen LogP contribution < -0.4 is 5.48 Å². The topological polar surface area (TPSA) is 72.9 Å². The summed E-state index contributed by atoms with van der Waals surface area (Å²) in [7, 11) is 2.15. The number of nitrogens with one attached hydrogen (secondary N) is 1. The van der Waals surface area contributed by atoms with Crippen molar-refractivity contribution < 1.29 is 14.8 Å². The maximum atomic E-state index is 12.5. The van der Waals surface area contributed by atoms with Crippen molar-refractivity contribution in [3.8, 4) is 0 Å². The first-order valence-electron chi connectivity index (χ1n) is 9.98. The third kappa shape index (κ3) is 6.49. The molecule has 1 saturated heterocycles.